The van der Waals surface area contributed by atoms with Crippen LogP contribution in [0.1, 0.15) is 17.3 Å². The van der Waals surface area contributed by atoms with Gasteiger partial charge in [-0.3, -0.25) is 4.79 Å². The van der Waals surface area contributed by atoms with Crippen LogP contribution in [0.15, 0.2) is 67.0 Å². The molecule has 0 aliphatic carbocycles. The summed E-state index contributed by atoms with van der Waals surface area (Å²) in [5.74, 6) is 1.66. The molecule has 4 rings (SSSR count). The van der Waals surface area contributed by atoms with Crippen LogP contribution in [-0.2, 0) is 0 Å². The number of ether oxygens (including phenoxy) is 1. The number of aromatic nitrogens is 2. The minimum absolute atomic E-state index is 0.0406. The first kappa shape index (κ1) is 18.9. The number of piperazine rings is 1. The van der Waals surface area contributed by atoms with E-state index in [9.17, 15) is 4.79 Å². The Kier molecular flexibility index (Phi) is 5.70. The van der Waals surface area contributed by atoms with Crippen LogP contribution in [0.3, 0.4) is 0 Å². The van der Waals surface area contributed by atoms with E-state index in [-0.39, 0.29) is 5.91 Å². The topological polar surface area (TPSA) is 58.6 Å². The lowest BCUT2D eigenvalue weighted by Crippen LogP contribution is -2.49. The van der Waals surface area contributed by atoms with Crippen LogP contribution in [0, 0.1) is 0 Å². The van der Waals surface area contributed by atoms with Crippen molar-refractivity contribution in [1.29, 1.82) is 0 Å². The molecular weight excluding hydrogens is 364 g/mol. The highest BCUT2D eigenvalue weighted by atomic mass is 16.5. The fraction of sp³-hybridized carbons (Fsp3) is 0.261. The van der Waals surface area contributed by atoms with Crippen molar-refractivity contribution in [3.05, 3.63) is 72.6 Å². The molecule has 3 aromatic rings. The summed E-state index contributed by atoms with van der Waals surface area (Å²) in [4.78, 5) is 25.8. The zero-order valence-corrected chi connectivity index (χ0v) is 16.5. The Morgan fingerprint density at radius 3 is 2.52 bits per heavy atom. The molecule has 0 spiro atoms. The van der Waals surface area contributed by atoms with Crippen LogP contribution in [-0.4, -0.2) is 53.6 Å². The third-order valence-corrected chi connectivity index (χ3v) is 5.01. The van der Waals surface area contributed by atoms with E-state index in [1.54, 1.807) is 6.33 Å². The number of anilines is 1. The van der Waals surface area contributed by atoms with E-state index in [4.69, 9.17) is 4.74 Å². The summed E-state index contributed by atoms with van der Waals surface area (Å²) < 4.78 is 5.51. The molecule has 0 N–H and O–H groups in total. The van der Waals surface area contributed by atoms with Crippen molar-refractivity contribution in [2.24, 2.45) is 0 Å². The maximum atomic E-state index is 12.9. The molecular formula is C23H24N4O2. The second kappa shape index (κ2) is 8.73. The number of carbonyl (C=O) groups is 1. The zero-order valence-electron chi connectivity index (χ0n) is 16.5. The maximum Gasteiger partial charge on any atom is 0.254 e. The van der Waals surface area contributed by atoms with Crippen molar-refractivity contribution in [1.82, 2.24) is 14.9 Å². The quantitative estimate of drug-likeness (QED) is 0.670. The summed E-state index contributed by atoms with van der Waals surface area (Å²) >= 11 is 0. The third kappa shape index (κ3) is 4.37. The Morgan fingerprint density at radius 2 is 1.76 bits per heavy atom. The summed E-state index contributed by atoms with van der Waals surface area (Å²) in [7, 11) is 0. The summed E-state index contributed by atoms with van der Waals surface area (Å²) in [5, 5.41) is 0. The predicted octanol–water partition coefficient (Wildman–Crippen LogP) is 3.50. The number of rotatable bonds is 5. The smallest absolute Gasteiger partial charge is 0.254 e. The molecule has 6 heteroatoms. The summed E-state index contributed by atoms with van der Waals surface area (Å²) in [6, 6.07) is 19.5. The van der Waals surface area contributed by atoms with Gasteiger partial charge in [-0.05, 0) is 25.1 Å². The van der Waals surface area contributed by atoms with Gasteiger partial charge in [0.25, 0.3) is 5.91 Å². The summed E-state index contributed by atoms with van der Waals surface area (Å²) in [6.45, 7) is 5.30. The number of hydrogen-bond acceptors (Lipinski definition) is 5. The first-order valence-corrected chi connectivity index (χ1v) is 9.89. The Bertz CT molecular complexity index is 969. The number of amides is 1. The molecule has 0 unspecified atom stereocenters. The van der Waals surface area contributed by atoms with Gasteiger partial charge in [0, 0.05) is 43.4 Å². The molecule has 1 saturated heterocycles. The second-order valence-corrected chi connectivity index (χ2v) is 6.87. The van der Waals surface area contributed by atoms with Gasteiger partial charge in [-0.1, -0.05) is 36.4 Å². The molecule has 6 nitrogen and oxygen atoms in total. The van der Waals surface area contributed by atoms with Crippen molar-refractivity contribution in [2.45, 2.75) is 6.92 Å². The number of carbonyl (C=O) groups excluding carboxylic acids is 1. The average molecular weight is 388 g/mol. The normalized spacial score (nSPS) is 14.0. The number of hydrogen-bond donors (Lipinski definition) is 0. The third-order valence-electron chi connectivity index (χ3n) is 5.01. The average Bonchev–Trinajstić information content (AvgIpc) is 2.80. The highest BCUT2D eigenvalue weighted by Gasteiger charge is 2.23. The van der Waals surface area contributed by atoms with Gasteiger partial charge in [-0.25, -0.2) is 9.97 Å². The first-order chi connectivity index (χ1) is 14.2. The molecule has 0 atom stereocenters. The van der Waals surface area contributed by atoms with E-state index in [0.717, 1.165) is 35.9 Å². The summed E-state index contributed by atoms with van der Waals surface area (Å²) in [5.41, 5.74) is 2.64. The Balaban J connectivity index is 1.42. The van der Waals surface area contributed by atoms with E-state index in [1.807, 2.05) is 72.5 Å². The van der Waals surface area contributed by atoms with E-state index in [0.29, 0.717) is 25.3 Å². The van der Waals surface area contributed by atoms with Crippen LogP contribution in [0.2, 0.25) is 0 Å². The van der Waals surface area contributed by atoms with Crippen molar-refractivity contribution in [3.63, 3.8) is 0 Å². The fourth-order valence-electron chi connectivity index (χ4n) is 3.49. The standard InChI is InChI=1S/C23H24N4O2/c1-2-29-20-10-6-9-19(15-20)23(28)27-13-11-26(12-14-27)22-16-21(24-17-25-22)18-7-4-3-5-8-18/h3-10,15-17H,2,11-14H2,1H3. The van der Waals surface area contributed by atoms with Crippen molar-refractivity contribution in [3.8, 4) is 17.0 Å². The van der Waals surface area contributed by atoms with Gasteiger partial charge in [0.15, 0.2) is 0 Å². The van der Waals surface area contributed by atoms with Crippen LogP contribution < -0.4 is 9.64 Å². The molecule has 148 valence electrons. The van der Waals surface area contributed by atoms with Gasteiger partial charge in [0.2, 0.25) is 0 Å². The molecule has 1 amide bonds. The number of nitrogens with zero attached hydrogens (tertiary/aromatic N) is 4. The van der Waals surface area contributed by atoms with Crippen LogP contribution in [0.4, 0.5) is 5.82 Å². The largest absolute Gasteiger partial charge is 0.494 e. The van der Waals surface area contributed by atoms with Crippen LogP contribution in [0.5, 0.6) is 5.75 Å². The minimum Gasteiger partial charge on any atom is -0.494 e. The zero-order chi connectivity index (χ0) is 20.1. The Morgan fingerprint density at radius 1 is 0.966 bits per heavy atom. The molecule has 2 heterocycles. The maximum absolute atomic E-state index is 12.9. The van der Waals surface area contributed by atoms with Gasteiger partial charge < -0.3 is 14.5 Å². The molecule has 0 saturated carbocycles. The second-order valence-electron chi connectivity index (χ2n) is 6.87. The van der Waals surface area contributed by atoms with Crippen LogP contribution >= 0.6 is 0 Å². The van der Waals surface area contributed by atoms with Crippen LogP contribution in [0.25, 0.3) is 11.3 Å². The lowest BCUT2D eigenvalue weighted by Gasteiger charge is -2.35. The first-order valence-electron chi connectivity index (χ1n) is 9.89. The minimum atomic E-state index is 0.0406. The highest BCUT2D eigenvalue weighted by Crippen LogP contribution is 2.22. The van der Waals surface area contributed by atoms with Crippen molar-refractivity contribution in [2.75, 3.05) is 37.7 Å². The summed E-state index contributed by atoms with van der Waals surface area (Å²) in [6.07, 6.45) is 1.61. The molecule has 1 fully saturated rings. The lowest BCUT2D eigenvalue weighted by molar-refractivity contribution is 0.0746. The highest BCUT2D eigenvalue weighted by molar-refractivity contribution is 5.94. The molecule has 1 aliphatic rings. The Hall–Kier alpha value is -3.41. The fourth-order valence-corrected chi connectivity index (χ4v) is 3.49. The van der Waals surface area contributed by atoms with E-state index < -0.39 is 0 Å². The lowest BCUT2D eigenvalue weighted by atomic mass is 10.1. The number of benzene rings is 2. The van der Waals surface area contributed by atoms with E-state index in [2.05, 4.69) is 14.9 Å². The van der Waals surface area contributed by atoms with Gasteiger partial charge >= 0.3 is 0 Å². The van der Waals surface area contributed by atoms with E-state index in [1.165, 1.54) is 0 Å². The molecule has 2 aromatic carbocycles. The molecule has 1 aliphatic heterocycles. The monoisotopic (exact) mass is 388 g/mol. The molecule has 1 aromatic heterocycles. The van der Waals surface area contributed by atoms with Gasteiger partial charge in [-0.15, -0.1) is 0 Å². The van der Waals surface area contributed by atoms with Gasteiger partial charge in [-0.2, -0.15) is 0 Å². The van der Waals surface area contributed by atoms with E-state index >= 15 is 0 Å². The van der Waals surface area contributed by atoms with Crippen molar-refractivity contribution < 1.29 is 9.53 Å². The Labute approximate surface area is 170 Å². The molecule has 29 heavy (non-hydrogen) atoms. The molecule has 0 bridgehead atoms. The predicted molar refractivity (Wildman–Crippen MR) is 113 cm³/mol. The van der Waals surface area contributed by atoms with Gasteiger partial charge in [0.1, 0.15) is 17.9 Å². The van der Waals surface area contributed by atoms with Gasteiger partial charge in [0.05, 0.1) is 12.3 Å². The molecule has 0 radical (unpaired) electrons. The van der Waals surface area contributed by atoms with Crippen molar-refractivity contribution >= 4 is 11.7 Å². The SMILES string of the molecule is CCOc1cccc(C(=O)N2CCN(c3cc(-c4ccccc4)ncn3)CC2)c1.